The molecular weight excluding hydrogens is 228 g/mol. The summed E-state index contributed by atoms with van der Waals surface area (Å²) in [5.74, 6) is 0.722. The Morgan fingerprint density at radius 3 is 3.00 bits per heavy atom. The van der Waals surface area contributed by atoms with E-state index in [4.69, 9.17) is 5.26 Å². The highest BCUT2D eigenvalue weighted by Crippen LogP contribution is 2.16. The molecular formula is C9H12N4O2S. The van der Waals surface area contributed by atoms with Crippen molar-refractivity contribution in [1.82, 2.24) is 13.9 Å². The highest BCUT2D eigenvalue weighted by atomic mass is 32.2. The van der Waals surface area contributed by atoms with Crippen LogP contribution in [0.25, 0.3) is 0 Å². The summed E-state index contributed by atoms with van der Waals surface area (Å²) >= 11 is 0. The van der Waals surface area contributed by atoms with E-state index in [1.165, 1.54) is 11.2 Å². The molecule has 0 N–H and O–H groups in total. The molecule has 2 rings (SSSR count). The molecule has 0 saturated carbocycles. The summed E-state index contributed by atoms with van der Waals surface area (Å²) in [7, 11) is -3.51. The zero-order chi connectivity index (χ0) is 11.8. The summed E-state index contributed by atoms with van der Waals surface area (Å²) < 4.78 is 27.1. The summed E-state index contributed by atoms with van der Waals surface area (Å²) in [6.07, 6.45) is 3.48. The quantitative estimate of drug-likeness (QED) is 0.725. The molecule has 1 aliphatic heterocycles. The standard InChI is InChI=1S/C9H12N4O2S/c1-8(6-10)16(14,15)13-5-4-12-3-2-11-9(12)7-13/h2-3,8H,4-5,7H2,1H3. The second-order valence-electron chi connectivity index (χ2n) is 3.69. The molecule has 0 radical (unpaired) electrons. The number of sulfonamides is 1. The Kier molecular flexibility index (Phi) is 2.69. The molecule has 1 aromatic heterocycles. The smallest absolute Gasteiger partial charge is 0.230 e. The van der Waals surface area contributed by atoms with E-state index in [0.29, 0.717) is 13.1 Å². The molecule has 2 heterocycles. The third-order valence-electron chi connectivity index (χ3n) is 2.70. The Labute approximate surface area is 94.2 Å². The Bertz CT molecular complexity index is 528. The van der Waals surface area contributed by atoms with Crippen molar-refractivity contribution < 1.29 is 8.42 Å². The molecule has 6 nitrogen and oxygen atoms in total. The van der Waals surface area contributed by atoms with Crippen molar-refractivity contribution in [3.8, 4) is 6.07 Å². The van der Waals surface area contributed by atoms with Gasteiger partial charge in [-0.1, -0.05) is 0 Å². The lowest BCUT2D eigenvalue weighted by atomic mass is 10.4. The van der Waals surface area contributed by atoms with Gasteiger partial charge in [0.2, 0.25) is 10.0 Å². The number of nitriles is 1. The fraction of sp³-hybridized carbons (Fsp3) is 0.556. The van der Waals surface area contributed by atoms with Gasteiger partial charge in [-0.3, -0.25) is 0 Å². The predicted octanol–water partition coefficient (Wildman–Crippen LogP) is -0.0594. The molecule has 0 spiro atoms. The highest BCUT2D eigenvalue weighted by molar-refractivity contribution is 7.89. The minimum atomic E-state index is -3.51. The molecule has 1 aliphatic rings. The number of nitrogens with zero attached hydrogens (tertiary/aromatic N) is 4. The summed E-state index contributed by atoms with van der Waals surface area (Å²) in [6.45, 7) is 2.64. The molecule has 0 fully saturated rings. The van der Waals surface area contributed by atoms with Crippen LogP contribution in [0.3, 0.4) is 0 Å². The van der Waals surface area contributed by atoms with Gasteiger partial charge in [-0.05, 0) is 6.92 Å². The van der Waals surface area contributed by atoms with Crippen molar-refractivity contribution in [2.45, 2.75) is 25.3 Å². The van der Waals surface area contributed by atoms with Crippen LogP contribution >= 0.6 is 0 Å². The maximum atomic E-state index is 11.9. The van der Waals surface area contributed by atoms with Crippen molar-refractivity contribution in [3.63, 3.8) is 0 Å². The van der Waals surface area contributed by atoms with Crippen LogP contribution in [0.1, 0.15) is 12.7 Å². The Hall–Kier alpha value is -1.39. The number of fused-ring (bicyclic) bond motifs is 1. The molecule has 16 heavy (non-hydrogen) atoms. The molecule has 0 saturated heterocycles. The van der Waals surface area contributed by atoms with Crippen LogP contribution in [-0.2, 0) is 23.1 Å². The molecule has 0 aliphatic carbocycles. The molecule has 0 aromatic carbocycles. The Morgan fingerprint density at radius 1 is 1.56 bits per heavy atom. The Morgan fingerprint density at radius 2 is 2.31 bits per heavy atom. The van der Waals surface area contributed by atoms with E-state index in [0.717, 1.165) is 5.82 Å². The largest absolute Gasteiger partial charge is 0.333 e. The molecule has 1 unspecified atom stereocenters. The summed E-state index contributed by atoms with van der Waals surface area (Å²) in [5.41, 5.74) is 0. The summed E-state index contributed by atoms with van der Waals surface area (Å²) in [6, 6.07) is 1.76. The van der Waals surface area contributed by atoms with Crippen LogP contribution in [0, 0.1) is 11.3 Å². The van der Waals surface area contributed by atoms with E-state index in [1.807, 2.05) is 10.8 Å². The van der Waals surface area contributed by atoms with Gasteiger partial charge in [0, 0.05) is 25.5 Å². The zero-order valence-corrected chi connectivity index (χ0v) is 9.68. The van der Waals surface area contributed by atoms with Gasteiger partial charge in [0.15, 0.2) is 5.25 Å². The van der Waals surface area contributed by atoms with Crippen LogP contribution in [-0.4, -0.2) is 34.1 Å². The van der Waals surface area contributed by atoms with Gasteiger partial charge in [0.05, 0.1) is 12.6 Å². The summed E-state index contributed by atoms with van der Waals surface area (Å²) in [5, 5.41) is 7.67. The van der Waals surface area contributed by atoms with E-state index < -0.39 is 15.3 Å². The first kappa shape index (κ1) is 11.1. The minimum Gasteiger partial charge on any atom is -0.333 e. The van der Waals surface area contributed by atoms with Gasteiger partial charge >= 0.3 is 0 Å². The van der Waals surface area contributed by atoms with Crippen molar-refractivity contribution in [3.05, 3.63) is 18.2 Å². The predicted molar refractivity (Wildman–Crippen MR) is 56.6 cm³/mol. The van der Waals surface area contributed by atoms with E-state index in [-0.39, 0.29) is 6.54 Å². The van der Waals surface area contributed by atoms with Crippen LogP contribution in [0.4, 0.5) is 0 Å². The molecule has 1 atom stereocenters. The van der Waals surface area contributed by atoms with Gasteiger partial charge in [0.1, 0.15) is 5.82 Å². The molecule has 0 bridgehead atoms. The SMILES string of the molecule is CC(C#N)S(=O)(=O)N1CCn2ccnc2C1. The average Bonchev–Trinajstić information content (AvgIpc) is 2.74. The molecule has 1 aromatic rings. The first-order valence-electron chi connectivity index (χ1n) is 4.94. The topological polar surface area (TPSA) is 79.0 Å². The van der Waals surface area contributed by atoms with Gasteiger partial charge in [-0.25, -0.2) is 13.4 Å². The number of imidazole rings is 1. The van der Waals surface area contributed by atoms with Crippen molar-refractivity contribution in [1.29, 1.82) is 5.26 Å². The van der Waals surface area contributed by atoms with Crippen LogP contribution < -0.4 is 0 Å². The lowest BCUT2D eigenvalue weighted by Gasteiger charge is -2.27. The van der Waals surface area contributed by atoms with Crippen LogP contribution in [0.5, 0.6) is 0 Å². The van der Waals surface area contributed by atoms with Gasteiger partial charge in [-0.15, -0.1) is 0 Å². The molecule has 86 valence electrons. The van der Waals surface area contributed by atoms with E-state index >= 15 is 0 Å². The fourth-order valence-electron chi connectivity index (χ4n) is 1.66. The zero-order valence-electron chi connectivity index (χ0n) is 8.87. The van der Waals surface area contributed by atoms with Gasteiger partial charge in [-0.2, -0.15) is 9.57 Å². The highest BCUT2D eigenvalue weighted by Gasteiger charge is 2.31. The lowest BCUT2D eigenvalue weighted by molar-refractivity contribution is 0.334. The van der Waals surface area contributed by atoms with Crippen molar-refractivity contribution in [2.24, 2.45) is 0 Å². The number of rotatable bonds is 2. The maximum Gasteiger partial charge on any atom is 0.230 e. The number of aromatic nitrogens is 2. The maximum absolute atomic E-state index is 11.9. The molecule has 0 amide bonds. The Balaban J connectivity index is 2.25. The first-order chi connectivity index (χ1) is 7.55. The van der Waals surface area contributed by atoms with Crippen LogP contribution in [0.2, 0.25) is 0 Å². The molecule has 7 heteroatoms. The normalized spacial score (nSPS) is 18.8. The van der Waals surface area contributed by atoms with Crippen LogP contribution in [0.15, 0.2) is 12.4 Å². The average molecular weight is 240 g/mol. The lowest BCUT2D eigenvalue weighted by Crippen LogP contribution is -2.42. The van der Waals surface area contributed by atoms with Gasteiger partial charge in [0.25, 0.3) is 0 Å². The number of hydrogen-bond acceptors (Lipinski definition) is 4. The fourth-order valence-corrected chi connectivity index (χ4v) is 2.87. The van der Waals surface area contributed by atoms with E-state index in [2.05, 4.69) is 4.98 Å². The summed E-state index contributed by atoms with van der Waals surface area (Å²) in [4.78, 5) is 4.08. The van der Waals surface area contributed by atoms with Crippen molar-refractivity contribution in [2.75, 3.05) is 6.54 Å². The third-order valence-corrected chi connectivity index (χ3v) is 4.73. The van der Waals surface area contributed by atoms with E-state index in [9.17, 15) is 8.42 Å². The first-order valence-corrected chi connectivity index (χ1v) is 6.44. The van der Waals surface area contributed by atoms with Gasteiger partial charge < -0.3 is 4.57 Å². The second kappa shape index (κ2) is 3.88. The monoisotopic (exact) mass is 240 g/mol. The minimum absolute atomic E-state index is 0.251. The van der Waals surface area contributed by atoms with Crippen molar-refractivity contribution >= 4 is 10.0 Å². The van der Waals surface area contributed by atoms with E-state index in [1.54, 1.807) is 12.3 Å². The second-order valence-corrected chi connectivity index (χ2v) is 5.94. The number of hydrogen-bond donors (Lipinski definition) is 0. The third kappa shape index (κ3) is 1.70.